The average Bonchev–Trinajstić information content (AvgIpc) is 2.41. The molecule has 7 heteroatoms. The first kappa shape index (κ1) is 17.0. The molecule has 0 bridgehead atoms. The van der Waals surface area contributed by atoms with Crippen LogP contribution in [0.5, 0.6) is 0 Å². The maximum atomic E-state index is 12.5. The topological polar surface area (TPSA) is 50.9 Å². The van der Waals surface area contributed by atoms with E-state index in [-0.39, 0.29) is 16.3 Å². The molecule has 20 heavy (non-hydrogen) atoms. The van der Waals surface area contributed by atoms with Gasteiger partial charge in [-0.2, -0.15) is 13.2 Å². The third kappa shape index (κ3) is 3.99. The van der Waals surface area contributed by atoms with E-state index >= 15 is 0 Å². The Bertz CT molecular complexity index is 437. The second-order valence-corrected chi connectivity index (χ2v) is 5.22. The molecule has 0 atom stereocenters. The fraction of sp³-hybridized carbons (Fsp3) is 0.615. The zero-order chi connectivity index (χ0) is 15.4. The standard InChI is InChI=1S/C13H19ClF3N3/c1-3-12(4-2,7-18)8-20-11-10(14)5-9(6-19-11)13(15,16)17/h5-6H,3-4,7-8,18H2,1-2H3,(H,19,20). The van der Waals surface area contributed by atoms with Crippen molar-refractivity contribution in [3.8, 4) is 0 Å². The van der Waals surface area contributed by atoms with E-state index in [4.69, 9.17) is 17.3 Å². The zero-order valence-corrected chi connectivity index (χ0v) is 12.3. The zero-order valence-electron chi connectivity index (χ0n) is 11.5. The van der Waals surface area contributed by atoms with Crippen LogP contribution in [0.15, 0.2) is 12.3 Å². The van der Waals surface area contributed by atoms with Crippen LogP contribution in [-0.2, 0) is 6.18 Å². The number of nitrogens with two attached hydrogens (primary N) is 1. The maximum Gasteiger partial charge on any atom is 0.417 e. The van der Waals surface area contributed by atoms with Crippen molar-refractivity contribution in [2.24, 2.45) is 11.1 Å². The van der Waals surface area contributed by atoms with Crippen LogP contribution in [0, 0.1) is 5.41 Å². The highest BCUT2D eigenvalue weighted by atomic mass is 35.5. The van der Waals surface area contributed by atoms with Crippen LogP contribution in [0.1, 0.15) is 32.3 Å². The minimum Gasteiger partial charge on any atom is -0.368 e. The van der Waals surface area contributed by atoms with Crippen LogP contribution in [0.3, 0.4) is 0 Å². The van der Waals surface area contributed by atoms with Gasteiger partial charge in [0.1, 0.15) is 5.82 Å². The van der Waals surface area contributed by atoms with Gasteiger partial charge in [0.2, 0.25) is 0 Å². The molecule has 0 aromatic carbocycles. The van der Waals surface area contributed by atoms with E-state index in [0.717, 1.165) is 25.1 Å². The van der Waals surface area contributed by atoms with Gasteiger partial charge in [-0.3, -0.25) is 0 Å². The summed E-state index contributed by atoms with van der Waals surface area (Å²) in [5.74, 6) is 0.249. The molecule has 0 saturated carbocycles. The minimum absolute atomic E-state index is 0.0436. The van der Waals surface area contributed by atoms with Crippen LogP contribution < -0.4 is 11.1 Å². The minimum atomic E-state index is -4.44. The largest absolute Gasteiger partial charge is 0.417 e. The third-order valence-corrected chi connectivity index (χ3v) is 4.02. The fourth-order valence-electron chi connectivity index (χ4n) is 1.86. The van der Waals surface area contributed by atoms with E-state index in [1.165, 1.54) is 0 Å². The van der Waals surface area contributed by atoms with Gasteiger partial charge in [0.05, 0.1) is 10.6 Å². The Kier molecular flexibility index (Phi) is 5.65. The van der Waals surface area contributed by atoms with Crippen LogP contribution >= 0.6 is 11.6 Å². The van der Waals surface area contributed by atoms with Crippen molar-refractivity contribution in [3.63, 3.8) is 0 Å². The molecule has 1 rings (SSSR count). The van der Waals surface area contributed by atoms with Crippen molar-refractivity contribution in [3.05, 3.63) is 22.8 Å². The predicted octanol–water partition coefficient (Wildman–Crippen LogP) is 3.93. The lowest BCUT2D eigenvalue weighted by Crippen LogP contribution is -2.36. The van der Waals surface area contributed by atoms with E-state index in [1.54, 1.807) is 0 Å². The van der Waals surface area contributed by atoms with Gasteiger partial charge >= 0.3 is 6.18 Å². The first-order valence-electron chi connectivity index (χ1n) is 6.44. The molecule has 3 N–H and O–H groups in total. The van der Waals surface area contributed by atoms with Gasteiger partial charge in [-0.25, -0.2) is 4.98 Å². The quantitative estimate of drug-likeness (QED) is 0.837. The van der Waals surface area contributed by atoms with Gasteiger partial charge in [-0.05, 0) is 30.9 Å². The summed E-state index contributed by atoms with van der Waals surface area (Å²) in [5, 5.41) is 2.95. The van der Waals surface area contributed by atoms with Gasteiger partial charge in [-0.15, -0.1) is 0 Å². The molecule has 0 unspecified atom stereocenters. The molecule has 114 valence electrons. The summed E-state index contributed by atoms with van der Waals surface area (Å²) in [6.45, 7) is 5.07. The molecule has 0 spiro atoms. The summed E-state index contributed by atoms with van der Waals surface area (Å²) in [4.78, 5) is 3.75. The summed E-state index contributed by atoms with van der Waals surface area (Å²) in [7, 11) is 0. The Morgan fingerprint density at radius 2 is 1.90 bits per heavy atom. The molecule has 0 saturated heterocycles. The first-order valence-corrected chi connectivity index (χ1v) is 6.82. The predicted molar refractivity (Wildman–Crippen MR) is 74.8 cm³/mol. The maximum absolute atomic E-state index is 12.5. The molecule has 1 heterocycles. The lowest BCUT2D eigenvalue weighted by molar-refractivity contribution is -0.137. The number of anilines is 1. The summed E-state index contributed by atoms with van der Waals surface area (Å²) < 4.78 is 37.5. The molecule has 0 amide bonds. The number of alkyl halides is 3. The number of aromatic nitrogens is 1. The molecule has 1 aromatic heterocycles. The van der Waals surface area contributed by atoms with Crippen molar-refractivity contribution in [2.45, 2.75) is 32.9 Å². The second-order valence-electron chi connectivity index (χ2n) is 4.82. The SMILES string of the molecule is CCC(CC)(CN)CNc1ncc(C(F)(F)F)cc1Cl. The lowest BCUT2D eigenvalue weighted by atomic mass is 9.82. The molecule has 0 fully saturated rings. The van der Waals surface area contributed by atoms with E-state index < -0.39 is 11.7 Å². The van der Waals surface area contributed by atoms with Crippen LogP contribution in [0.25, 0.3) is 0 Å². The number of halogens is 4. The lowest BCUT2D eigenvalue weighted by Gasteiger charge is -2.30. The summed E-state index contributed by atoms with van der Waals surface area (Å²) in [6, 6.07) is 0.874. The van der Waals surface area contributed by atoms with Crippen LogP contribution in [-0.4, -0.2) is 18.1 Å². The molecule has 0 aliphatic heterocycles. The van der Waals surface area contributed by atoms with Gasteiger partial charge < -0.3 is 11.1 Å². The highest BCUT2D eigenvalue weighted by Gasteiger charge is 2.32. The second kappa shape index (κ2) is 6.63. The van der Waals surface area contributed by atoms with E-state index in [2.05, 4.69) is 10.3 Å². The number of hydrogen-bond donors (Lipinski definition) is 2. The molecule has 0 aliphatic rings. The van der Waals surface area contributed by atoms with Gasteiger partial charge in [0, 0.05) is 12.7 Å². The average molecular weight is 310 g/mol. The third-order valence-electron chi connectivity index (χ3n) is 3.73. The summed E-state index contributed by atoms with van der Waals surface area (Å²) in [6.07, 6.45) is -1.93. The highest BCUT2D eigenvalue weighted by Crippen LogP contribution is 2.33. The monoisotopic (exact) mass is 309 g/mol. The number of nitrogens with zero attached hydrogens (tertiary/aromatic N) is 1. The van der Waals surface area contributed by atoms with Gasteiger partial charge in [0.25, 0.3) is 0 Å². The van der Waals surface area contributed by atoms with Crippen molar-refractivity contribution in [2.75, 3.05) is 18.4 Å². The van der Waals surface area contributed by atoms with Crippen molar-refractivity contribution in [1.82, 2.24) is 4.98 Å². The summed E-state index contributed by atoms with van der Waals surface area (Å²) in [5.41, 5.74) is 4.81. The van der Waals surface area contributed by atoms with Crippen molar-refractivity contribution < 1.29 is 13.2 Å². The number of pyridine rings is 1. The molecule has 1 aromatic rings. The number of nitrogens with one attached hydrogen (secondary N) is 1. The fourth-order valence-corrected chi connectivity index (χ4v) is 2.09. The smallest absolute Gasteiger partial charge is 0.368 e. The van der Waals surface area contributed by atoms with Crippen LogP contribution in [0.2, 0.25) is 5.02 Å². The molecular weight excluding hydrogens is 291 g/mol. The van der Waals surface area contributed by atoms with E-state index in [1.807, 2.05) is 13.8 Å². The Morgan fingerprint density at radius 3 is 2.30 bits per heavy atom. The first-order chi connectivity index (χ1) is 9.28. The van der Waals surface area contributed by atoms with E-state index in [0.29, 0.717) is 13.1 Å². The normalized spacial score (nSPS) is 12.6. The Morgan fingerprint density at radius 1 is 1.30 bits per heavy atom. The van der Waals surface area contributed by atoms with Crippen molar-refractivity contribution in [1.29, 1.82) is 0 Å². The number of rotatable bonds is 6. The van der Waals surface area contributed by atoms with Gasteiger partial charge in [-0.1, -0.05) is 25.4 Å². The molecule has 0 radical (unpaired) electrons. The van der Waals surface area contributed by atoms with Gasteiger partial charge in [0.15, 0.2) is 0 Å². The van der Waals surface area contributed by atoms with E-state index in [9.17, 15) is 13.2 Å². The van der Waals surface area contributed by atoms with Crippen LogP contribution in [0.4, 0.5) is 19.0 Å². The Labute approximate surface area is 121 Å². The summed E-state index contributed by atoms with van der Waals surface area (Å²) >= 11 is 5.84. The Balaban J connectivity index is 2.84. The molecule has 3 nitrogen and oxygen atoms in total. The number of hydrogen-bond acceptors (Lipinski definition) is 3. The van der Waals surface area contributed by atoms with Crippen molar-refractivity contribution >= 4 is 17.4 Å². The molecule has 0 aliphatic carbocycles. The molecular formula is C13H19ClF3N3. The Hall–Kier alpha value is -1.01. The highest BCUT2D eigenvalue weighted by molar-refractivity contribution is 6.32.